The van der Waals surface area contributed by atoms with Crippen LogP contribution in [0.3, 0.4) is 0 Å². The molecule has 1 unspecified atom stereocenters. The molecule has 1 N–H and O–H groups in total. The van der Waals surface area contributed by atoms with Crippen LogP contribution in [0.4, 0.5) is 4.39 Å². The van der Waals surface area contributed by atoms with Crippen molar-refractivity contribution in [2.24, 2.45) is 0 Å². The van der Waals surface area contributed by atoms with Gasteiger partial charge < -0.3 is 15.0 Å². The molecule has 5 nitrogen and oxygen atoms in total. The van der Waals surface area contributed by atoms with Crippen LogP contribution in [0.5, 0.6) is 5.75 Å². The van der Waals surface area contributed by atoms with Gasteiger partial charge in [-0.15, -0.1) is 0 Å². The Balaban J connectivity index is 2.19. The van der Waals surface area contributed by atoms with Crippen LogP contribution in [-0.4, -0.2) is 34.9 Å². The zero-order chi connectivity index (χ0) is 24.1. The van der Waals surface area contributed by atoms with E-state index in [2.05, 4.69) is 35.1 Å². The molecule has 0 aliphatic carbocycles. The summed E-state index contributed by atoms with van der Waals surface area (Å²) in [5, 5.41) is 2.91. The first-order valence-electron chi connectivity index (χ1n) is 10.7. The molecule has 0 heterocycles. The van der Waals surface area contributed by atoms with Gasteiger partial charge in [-0.2, -0.15) is 0 Å². The maximum absolute atomic E-state index is 13.3. The van der Waals surface area contributed by atoms with Crippen molar-refractivity contribution in [1.29, 1.82) is 0 Å². The number of halogens is 2. The predicted molar refractivity (Wildman–Crippen MR) is 128 cm³/mol. The Labute approximate surface area is 198 Å². The zero-order valence-corrected chi connectivity index (χ0v) is 21.1. The van der Waals surface area contributed by atoms with E-state index in [1.807, 2.05) is 39.0 Å². The average Bonchev–Trinajstić information content (AvgIpc) is 2.70. The van der Waals surface area contributed by atoms with Gasteiger partial charge in [0, 0.05) is 12.1 Å². The van der Waals surface area contributed by atoms with Crippen molar-refractivity contribution in [3.05, 3.63) is 63.9 Å². The van der Waals surface area contributed by atoms with Gasteiger partial charge in [0.1, 0.15) is 17.6 Å². The number of hydrogen-bond acceptors (Lipinski definition) is 3. The molecule has 174 valence electrons. The Morgan fingerprint density at radius 1 is 1.09 bits per heavy atom. The summed E-state index contributed by atoms with van der Waals surface area (Å²) in [6.45, 7) is 11.5. The van der Waals surface area contributed by atoms with Crippen molar-refractivity contribution in [2.45, 2.75) is 65.6 Å². The van der Waals surface area contributed by atoms with Crippen LogP contribution in [0, 0.1) is 5.82 Å². The molecule has 0 aliphatic heterocycles. The molecule has 1 atom stereocenters. The number of rotatable bonds is 8. The second kappa shape index (κ2) is 10.9. The van der Waals surface area contributed by atoms with Crippen LogP contribution in [0.15, 0.2) is 46.9 Å². The molecule has 7 heteroatoms. The summed E-state index contributed by atoms with van der Waals surface area (Å²) in [4.78, 5) is 27.3. The summed E-state index contributed by atoms with van der Waals surface area (Å²) in [5.41, 5.74) is 1.44. The summed E-state index contributed by atoms with van der Waals surface area (Å²) in [6, 6.07) is 10.9. The molecule has 0 radical (unpaired) electrons. The van der Waals surface area contributed by atoms with E-state index in [4.69, 9.17) is 4.74 Å². The molecule has 0 fully saturated rings. The molecule has 2 aromatic carbocycles. The number of nitrogens with one attached hydrogen (secondary N) is 1. The standard InChI is InChI=1S/C25H32BrFN2O3/c1-16(2)19-9-12-22(21(26)13-19)32-15-23(30)29(14-18-7-10-20(27)11-8-18)17(3)24(31)28-25(4,5)6/h7-13,16-17H,14-15H2,1-6H3,(H,28,31). The lowest BCUT2D eigenvalue weighted by molar-refractivity contribution is -0.142. The lowest BCUT2D eigenvalue weighted by atomic mass is 10.0. The fraction of sp³-hybridized carbons (Fsp3) is 0.440. The van der Waals surface area contributed by atoms with Crippen LogP contribution in [-0.2, 0) is 16.1 Å². The average molecular weight is 507 g/mol. The fourth-order valence-electron chi connectivity index (χ4n) is 3.06. The Hall–Kier alpha value is -2.41. The van der Waals surface area contributed by atoms with Gasteiger partial charge in [-0.05, 0) is 84.9 Å². The first kappa shape index (κ1) is 25.8. The molecule has 2 aromatic rings. The van der Waals surface area contributed by atoms with E-state index >= 15 is 0 Å². The number of amides is 2. The quantitative estimate of drug-likeness (QED) is 0.519. The highest BCUT2D eigenvalue weighted by atomic mass is 79.9. The molecule has 32 heavy (non-hydrogen) atoms. The van der Waals surface area contributed by atoms with Crippen LogP contribution in [0.1, 0.15) is 58.6 Å². The molecule has 2 rings (SSSR count). The summed E-state index contributed by atoms with van der Waals surface area (Å²) in [6.07, 6.45) is 0. The Kier molecular flexibility index (Phi) is 8.84. The third-order valence-electron chi connectivity index (χ3n) is 4.91. The van der Waals surface area contributed by atoms with Gasteiger partial charge in [-0.3, -0.25) is 9.59 Å². The van der Waals surface area contributed by atoms with Crippen LogP contribution in [0.2, 0.25) is 0 Å². The van der Waals surface area contributed by atoms with Crippen LogP contribution in [0.25, 0.3) is 0 Å². The second-order valence-corrected chi connectivity index (χ2v) is 10.1. The molecule has 0 saturated carbocycles. The Morgan fingerprint density at radius 3 is 2.25 bits per heavy atom. The van der Waals surface area contributed by atoms with E-state index in [1.54, 1.807) is 19.1 Å². The van der Waals surface area contributed by atoms with E-state index in [0.29, 0.717) is 11.7 Å². The van der Waals surface area contributed by atoms with E-state index < -0.39 is 11.6 Å². The highest BCUT2D eigenvalue weighted by Crippen LogP contribution is 2.29. The van der Waals surface area contributed by atoms with Gasteiger partial charge >= 0.3 is 0 Å². The Morgan fingerprint density at radius 2 is 1.72 bits per heavy atom. The van der Waals surface area contributed by atoms with E-state index in [0.717, 1.165) is 15.6 Å². The molecule has 0 aromatic heterocycles. The minimum absolute atomic E-state index is 0.161. The minimum atomic E-state index is -0.734. The number of hydrogen-bond donors (Lipinski definition) is 1. The van der Waals surface area contributed by atoms with Gasteiger partial charge in [0.15, 0.2) is 6.61 Å². The molecule has 0 saturated heterocycles. The van der Waals surface area contributed by atoms with Crippen molar-refractivity contribution >= 4 is 27.7 Å². The smallest absolute Gasteiger partial charge is 0.261 e. The molecule has 0 bridgehead atoms. The first-order valence-corrected chi connectivity index (χ1v) is 11.4. The summed E-state index contributed by atoms with van der Waals surface area (Å²) in [7, 11) is 0. The molecule has 2 amide bonds. The van der Waals surface area contributed by atoms with Crippen molar-refractivity contribution < 1.29 is 18.7 Å². The van der Waals surface area contributed by atoms with E-state index in [9.17, 15) is 14.0 Å². The maximum Gasteiger partial charge on any atom is 0.261 e. The summed E-state index contributed by atoms with van der Waals surface area (Å²) in [5.74, 6) is -0.0454. The van der Waals surface area contributed by atoms with Crippen molar-refractivity contribution in [1.82, 2.24) is 10.2 Å². The van der Waals surface area contributed by atoms with Gasteiger partial charge in [0.25, 0.3) is 5.91 Å². The maximum atomic E-state index is 13.3. The van der Waals surface area contributed by atoms with Crippen LogP contribution < -0.4 is 10.1 Å². The normalized spacial score (nSPS) is 12.4. The fourth-order valence-corrected chi connectivity index (χ4v) is 3.57. The largest absolute Gasteiger partial charge is 0.483 e. The Bertz CT molecular complexity index is 939. The first-order chi connectivity index (χ1) is 14.9. The molecular formula is C25H32BrFN2O3. The second-order valence-electron chi connectivity index (χ2n) is 9.20. The number of carbonyl (C=O) groups excluding carboxylic acids is 2. The number of ether oxygens (including phenoxy) is 1. The lowest BCUT2D eigenvalue weighted by Gasteiger charge is -2.31. The third-order valence-corrected chi connectivity index (χ3v) is 5.53. The number of carbonyl (C=O) groups is 2. The van der Waals surface area contributed by atoms with Crippen molar-refractivity contribution in [2.75, 3.05) is 6.61 Å². The zero-order valence-electron chi connectivity index (χ0n) is 19.5. The third kappa shape index (κ3) is 7.62. The number of benzene rings is 2. The minimum Gasteiger partial charge on any atom is -0.483 e. The monoisotopic (exact) mass is 506 g/mol. The van der Waals surface area contributed by atoms with Gasteiger partial charge in [-0.1, -0.05) is 32.0 Å². The van der Waals surface area contributed by atoms with Gasteiger partial charge in [0.2, 0.25) is 5.91 Å². The van der Waals surface area contributed by atoms with E-state index in [-0.39, 0.29) is 30.8 Å². The summed E-state index contributed by atoms with van der Waals surface area (Å²) >= 11 is 3.50. The highest BCUT2D eigenvalue weighted by Gasteiger charge is 2.28. The number of nitrogens with zero attached hydrogens (tertiary/aromatic N) is 1. The van der Waals surface area contributed by atoms with Crippen molar-refractivity contribution in [3.63, 3.8) is 0 Å². The molecule has 0 aliphatic rings. The van der Waals surface area contributed by atoms with E-state index in [1.165, 1.54) is 17.0 Å². The molecule has 0 spiro atoms. The van der Waals surface area contributed by atoms with Gasteiger partial charge in [-0.25, -0.2) is 4.39 Å². The highest BCUT2D eigenvalue weighted by molar-refractivity contribution is 9.10. The van der Waals surface area contributed by atoms with Crippen molar-refractivity contribution in [3.8, 4) is 5.75 Å². The molecular weight excluding hydrogens is 475 g/mol. The van der Waals surface area contributed by atoms with Crippen LogP contribution >= 0.6 is 15.9 Å². The predicted octanol–water partition coefficient (Wildman–Crippen LogP) is 5.42. The SMILES string of the molecule is CC(C)c1ccc(OCC(=O)N(Cc2ccc(F)cc2)C(C)C(=O)NC(C)(C)C)c(Br)c1. The lowest BCUT2D eigenvalue weighted by Crippen LogP contribution is -2.53. The summed E-state index contributed by atoms with van der Waals surface area (Å²) < 4.78 is 19.8. The van der Waals surface area contributed by atoms with Gasteiger partial charge in [0.05, 0.1) is 4.47 Å². The topological polar surface area (TPSA) is 58.6 Å².